The zero-order valence-electron chi connectivity index (χ0n) is 15.1. The van der Waals surface area contributed by atoms with Gasteiger partial charge in [-0.1, -0.05) is 88.7 Å². The highest BCUT2D eigenvalue weighted by molar-refractivity contribution is 9.10. The second kappa shape index (κ2) is 6.02. The maximum atomic E-state index is 5.22. The zero-order chi connectivity index (χ0) is 18.7. The number of halogens is 1. The summed E-state index contributed by atoms with van der Waals surface area (Å²) in [4.78, 5) is 5.22. The minimum atomic E-state index is 0.937. The predicted molar refractivity (Wildman–Crippen MR) is 121 cm³/mol. The van der Waals surface area contributed by atoms with Crippen molar-refractivity contribution in [2.45, 2.75) is 6.42 Å². The zero-order valence-corrected chi connectivity index (χ0v) is 16.7. The largest absolute Gasteiger partial charge is 0.247 e. The van der Waals surface area contributed by atoms with Gasteiger partial charge in [-0.15, -0.1) is 0 Å². The van der Waals surface area contributed by atoms with Crippen molar-refractivity contribution in [2.24, 2.45) is 0 Å². The first-order valence-electron chi connectivity index (χ1n) is 9.48. The SMILES string of the molecule is Brc1ccc(-c2c3c(nc4c2ccc2ccccc24)-c2ccccc2C3)cc1. The van der Waals surface area contributed by atoms with Gasteiger partial charge in [-0.05, 0) is 39.8 Å². The van der Waals surface area contributed by atoms with E-state index in [1.54, 1.807) is 0 Å². The molecule has 0 aliphatic heterocycles. The van der Waals surface area contributed by atoms with Crippen LogP contribution in [0.3, 0.4) is 0 Å². The first kappa shape index (κ1) is 16.0. The van der Waals surface area contributed by atoms with Crippen LogP contribution < -0.4 is 0 Å². The number of nitrogens with zero attached hydrogens (tertiary/aromatic N) is 1. The van der Waals surface area contributed by atoms with E-state index in [0.29, 0.717) is 0 Å². The number of pyridine rings is 1. The molecule has 0 N–H and O–H groups in total. The third-order valence-corrected chi connectivity index (χ3v) is 6.28. The number of aromatic nitrogens is 1. The summed E-state index contributed by atoms with van der Waals surface area (Å²) in [5.74, 6) is 0. The van der Waals surface area contributed by atoms with Crippen LogP contribution in [0.5, 0.6) is 0 Å². The average molecular weight is 422 g/mol. The van der Waals surface area contributed by atoms with E-state index in [9.17, 15) is 0 Å². The Morgan fingerprint density at radius 2 is 1.50 bits per heavy atom. The Morgan fingerprint density at radius 3 is 2.39 bits per heavy atom. The average Bonchev–Trinajstić information content (AvgIpc) is 3.11. The van der Waals surface area contributed by atoms with Crippen LogP contribution >= 0.6 is 15.9 Å². The minimum absolute atomic E-state index is 0.937. The monoisotopic (exact) mass is 421 g/mol. The Kier molecular flexibility index (Phi) is 3.44. The quantitative estimate of drug-likeness (QED) is 0.252. The fourth-order valence-electron chi connectivity index (χ4n) is 4.47. The van der Waals surface area contributed by atoms with Crippen LogP contribution in [0.2, 0.25) is 0 Å². The summed E-state index contributed by atoms with van der Waals surface area (Å²) in [7, 11) is 0. The van der Waals surface area contributed by atoms with Crippen molar-refractivity contribution in [2.75, 3.05) is 0 Å². The molecule has 0 saturated carbocycles. The Morgan fingerprint density at radius 1 is 0.714 bits per heavy atom. The number of rotatable bonds is 1. The van der Waals surface area contributed by atoms with Crippen LogP contribution in [0.15, 0.2) is 89.4 Å². The van der Waals surface area contributed by atoms with Gasteiger partial charge in [0, 0.05) is 27.2 Å². The van der Waals surface area contributed by atoms with Crippen LogP contribution in [0.1, 0.15) is 11.1 Å². The molecular formula is C26H16BrN. The molecule has 28 heavy (non-hydrogen) atoms. The fourth-order valence-corrected chi connectivity index (χ4v) is 4.74. The molecule has 6 rings (SSSR count). The maximum absolute atomic E-state index is 5.22. The van der Waals surface area contributed by atoms with E-state index in [-0.39, 0.29) is 0 Å². The standard InChI is InChI=1S/C26H16BrN/c27-19-12-9-17(10-13-19)24-22-14-11-16-5-1-3-7-20(16)25(22)28-26-21-8-4-2-6-18(21)15-23(24)26/h1-14H,15H2. The molecule has 0 atom stereocenters. The molecular weight excluding hydrogens is 406 g/mol. The number of hydrogen-bond acceptors (Lipinski definition) is 1. The summed E-state index contributed by atoms with van der Waals surface area (Å²) in [6.45, 7) is 0. The van der Waals surface area contributed by atoms with Crippen LogP contribution in [-0.2, 0) is 6.42 Å². The van der Waals surface area contributed by atoms with Gasteiger partial charge < -0.3 is 0 Å². The van der Waals surface area contributed by atoms with Crippen molar-refractivity contribution >= 4 is 37.6 Å². The van der Waals surface area contributed by atoms with Crippen molar-refractivity contribution in [3.63, 3.8) is 0 Å². The molecule has 0 spiro atoms. The Labute approximate surface area is 171 Å². The first-order valence-corrected chi connectivity index (χ1v) is 10.3. The van der Waals surface area contributed by atoms with E-state index in [0.717, 1.165) is 22.1 Å². The highest BCUT2D eigenvalue weighted by Gasteiger charge is 2.25. The van der Waals surface area contributed by atoms with Crippen molar-refractivity contribution in [1.82, 2.24) is 4.98 Å². The van der Waals surface area contributed by atoms with Crippen molar-refractivity contribution in [3.05, 3.63) is 101 Å². The molecule has 0 saturated heterocycles. The molecule has 2 heteroatoms. The van der Waals surface area contributed by atoms with Gasteiger partial charge in [0.05, 0.1) is 11.2 Å². The number of fused-ring (bicyclic) bond motifs is 6. The summed E-state index contributed by atoms with van der Waals surface area (Å²) in [6, 6.07) is 30.3. The molecule has 1 aliphatic carbocycles. The van der Waals surface area contributed by atoms with E-state index < -0.39 is 0 Å². The van der Waals surface area contributed by atoms with Gasteiger partial charge in [0.1, 0.15) is 0 Å². The molecule has 1 aromatic heterocycles. The summed E-state index contributed by atoms with van der Waals surface area (Å²) in [6.07, 6.45) is 0.937. The van der Waals surface area contributed by atoms with Crippen molar-refractivity contribution in [3.8, 4) is 22.4 Å². The Balaban J connectivity index is 1.79. The van der Waals surface area contributed by atoms with Gasteiger partial charge in [-0.2, -0.15) is 0 Å². The molecule has 0 amide bonds. The minimum Gasteiger partial charge on any atom is -0.247 e. The summed E-state index contributed by atoms with van der Waals surface area (Å²) in [5.41, 5.74) is 8.76. The molecule has 1 nitrogen and oxygen atoms in total. The van der Waals surface area contributed by atoms with Crippen molar-refractivity contribution < 1.29 is 0 Å². The second-order valence-electron chi connectivity index (χ2n) is 7.34. The van der Waals surface area contributed by atoms with E-state index in [1.165, 1.54) is 44.0 Å². The molecule has 1 aliphatic rings. The molecule has 4 aromatic carbocycles. The molecule has 132 valence electrons. The molecule has 0 radical (unpaired) electrons. The van der Waals surface area contributed by atoms with Gasteiger partial charge in [0.15, 0.2) is 0 Å². The third-order valence-electron chi connectivity index (χ3n) is 5.75. The number of benzene rings is 4. The molecule has 0 fully saturated rings. The summed E-state index contributed by atoms with van der Waals surface area (Å²) < 4.78 is 1.10. The van der Waals surface area contributed by atoms with Gasteiger partial charge in [-0.25, -0.2) is 4.98 Å². The van der Waals surface area contributed by atoms with E-state index in [2.05, 4.69) is 101 Å². The Bertz CT molecular complexity index is 1380. The second-order valence-corrected chi connectivity index (χ2v) is 8.25. The lowest BCUT2D eigenvalue weighted by Crippen LogP contribution is -1.95. The highest BCUT2D eigenvalue weighted by atomic mass is 79.9. The lowest BCUT2D eigenvalue weighted by Gasteiger charge is -2.15. The summed E-state index contributed by atoms with van der Waals surface area (Å²) in [5, 5.41) is 3.67. The van der Waals surface area contributed by atoms with Crippen LogP contribution in [-0.4, -0.2) is 4.98 Å². The predicted octanol–water partition coefficient (Wildman–Crippen LogP) is 7.39. The molecule has 0 unspecified atom stereocenters. The van der Waals surface area contributed by atoms with Crippen molar-refractivity contribution in [1.29, 1.82) is 0 Å². The molecule has 0 bridgehead atoms. The lowest BCUT2D eigenvalue weighted by molar-refractivity contribution is 1.25. The summed E-state index contributed by atoms with van der Waals surface area (Å²) >= 11 is 3.57. The smallest absolute Gasteiger partial charge is 0.0794 e. The van der Waals surface area contributed by atoms with E-state index in [4.69, 9.17) is 4.98 Å². The fraction of sp³-hybridized carbons (Fsp3) is 0.0385. The topological polar surface area (TPSA) is 12.9 Å². The third kappa shape index (κ3) is 2.28. The van der Waals surface area contributed by atoms with E-state index >= 15 is 0 Å². The van der Waals surface area contributed by atoms with Crippen LogP contribution in [0, 0.1) is 0 Å². The van der Waals surface area contributed by atoms with Gasteiger partial charge >= 0.3 is 0 Å². The molecule has 1 heterocycles. The number of hydrogen-bond donors (Lipinski definition) is 0. The highest BCUT2D eigenvalue weighted by Crippen LogP contribution is 2.45. The normalized spacial score (nSPS) is 12.3. The van der Waals surface area contributed by atoms with Gasteiger partial charge in [-0.3, -0.25) is 0 Å². The van der Waals surface area contributed by atoms with Gasteiger partial charge in [0.25, 0.3) is 0 Å². The lowest BCUT2D eigenvalue weighted by atomic mass is 9.92. The van der Waals surface area contributed by atoms with Crippen LogP contribution in [0.25, 0.3) is 44.1 Å². The van der Waals surface area contributed by atoms with E-state index in [1.807, 2.05) is 0 Å². The first-order chi connectivity index (χ1) is 13.8. The Hall–Kier alpha value is -2.97. The van der Waals surface area contributed by atoms with Gasteiger partial charge in [0.2, 0.25) is 0 Å². The van der Waals surface area contributed by atoms with Crippen LogP contribution in [0.4, 0.5) is 0 Å². The molecule has 5 aromatic rings. The maximum Gasteiger partial charge on any atom is 0.0794 e.